The van der Waals surface area contributed by atoms with Crippen LogP contribution < -0.4 is 10.2 Å². The number of alkyl halides is 3. The Morgan fingerprint density at radius 2 is 1.78 bits per heavy atom. The number of ether oxygens (including phenoxy) is 1. The van der Waals surface area contributed by atoms with Crippen molar-refractivity contribution in [3.05, 3.63) is 35.7 Å². The Morgan fingerprint density at radius 3 is 2.39 bits per heavy atom. The first-order chi connectivity index (χ1) is 16.9. The van der Waals surface area contributed by atoms with Crippen LogP contribution in [-0.4, -0.2) is 57.2 Å². The summed E-state index contributed by atoms with van der Waals surface area (Å²) in [5, 5.41) is 2.95. The fourth-order valence-corrected chi connectivity index (χ4v) is 4.58. The molecule has 2 fully saturated rings. The number of aromatic nitrogens is 3. The van der Waals surface area contributed by atoms with E-state index in [0.717, 1.165) is 43.4 Å². The second-order valence-corrected chi connectivity index (χ2v) is 10.5. The van der Waals surface area contributed by atoms with Gasteiger partial charge in [-0.05, 0) is 65.5 Å². The van der Waals surface area contributed by atoms with E-state index in [0.29, 0.717) is 37.7 Å². The number of nitrogens with zero attached hydrogens (tertiary/aromatic N) is 5. The predicted octanol–water partition coefficient (Wildman–Crippen LogP) is 5.74. The molecule has 4 rings (SSSR count). The fraction of sp³-hybridized carbons (Fsp3) is 0.600. The predicted molar refractivity (Wildman–Crippen MR) is 130 cm³/mol. The normalized spacial score (nSPS) is 19.5. The van der Waals surface area contributed by atoms with Crippen LogP contribution in [0, 0.1) is 0 Å². The van der Waals surface area contributed by atoms with Crippen LogP contribution in [0.15, 0.2) is 24.4 Å². The summed E-state index contributed by atoms with van der Waals surface area (Å²) in [5.41, 5.74) is -0.533. The molecule has 36 heavy (non-hydrogen) atoms. The van der Waals surface area contributed by atoms with E-state index in [1.165, 1.54) is 0 Å². The standard InChI is InChI=1S/C25H33F3N6O2/c1-16-6-5-11-34(16)22-30-19(17-8-12-33(13-9-17)23(35)36-24(2,3)4)15-21(32-22)31-20-14-18(7-10-29-20)25(26,27)28/h7,10,14-17H,5-6,8-9,11-13H2,1-4H3,(H,29,30,31,32). The second kappa shape index (κ2) is 10.1. The summed E-state index contributed by atoms with van der Waals surface area (Å²) in [4.78, 5) is 29.8. The summed E-state index contributed by atoms with van der Waals surface area (Å²) in [5.74, 6) is 1.10. The van der Waals surface area contributed by atoms with Gasteiger partial charge in [-0.25, -0.2) is 14.8 Å². The van der Waals surface area contributed by atoms with Crippen molar-refractivity contribution in [2.45, 2.75) is 77.1 Å². The van der Waals surface area contributed by atoms with E-state index >= 15 is 0 Å². The number of hydrogen-bond acceptors (Lipinski definition) is 7. The summed E-state index contributed by atoms with van der Waals surface area (Å²) in [7, 11) is 0. The molecule has 2 aromatic heterocycles. The van der Waals surface area contributed by atoms with Gasteiger partial charge in [-0.1, -0.05) is 0 Å². The molecule has 8 nitrogen and oxygen atoms in total. The van der Waals surface area contributed by atoms with Gasteiger partial charge in [-0.2, -0.15) is 18.2 Å². The van der Waals surface area contributed by atoms with Crippen molar-refractivity contribution in [1.82, 2.24) is 19.9 Å². The molecule has 2 aliphatic heterocycles. The lowest BCUT2D eigenvalue weighted by atomic mass is 9.93. The number of carbonyl (C=O) groups excluding carboxylic acids is 1. The van der Waals surface area contributed by atoms with Crippen molar-refractivity contribution in [2.75, 3.05) is 29.9 Å². The topological polar surface area (TPSA) is 83.5 Å². The lowest BCUT2D eigenvalue weighted by Gasteiger charge is -2.33. The monoisotopic (exact) mass is 506 g/mol. The molecule has 0 aliphatic carbocycles. The Labute approximate surface area is 209 Å². The highest BCUT2D eigenvalue weighted by atomic mass is 19.4. The number of piperidine rings is 1. The van der Waals surface area contributed by atoms with Crippen molar-refractivity contribution in [1.29, 1.82) is 0 Å². The van der Waals surface area contributed by atoms with E-state index in [-0.39, 0.29) is 23.9 Å². The summed E-state index contributed by atoms with van der Waals surface area (Å²) in [6, 6.07) is 3.96. The van der Waals surface area contributed by atoms with E-state index in [2.05, 4.69) is 27.1 Å². The average molecular weight is 507 g/mol. The van der Waals surface area contributed by atoms with Gasteiger partial charge >= 0.3 is 12.3 Å². The molecule has 4 heterocycles. The van der Waals surface area contributed by atoms with E-state index in [4.69, 9.17) is 9.72 Å². The molecule has 0 saturated carbocycles. The van der Waals surface area contributed by atoms with E-state index in [1.54, 1.807) is 11.0 Å². The van der Waals surface area contributed by atoms with Crippen LogP contribution in [0.1, 0.15) is 70.6 Å². The Morgan fingerprint density at radius 1 is 1.06 bits per heavy atom. The minimum Gasteiger partial charge on any atom is -0.444 e. The highest BCUT2D eigenvalue weighted by molar-refractivity contribution is 5.68. The Hall–Kier alpha value is -3.11. The van der Waals surface area contributed by atoms with Crippen molar-refractivity contribution in [3.8, 4) is 0 Å². The van der Waals surface area contributed by atoms with Gasteiger partial charge in [0, 0.05) is 43.9 Å². The molecular formula is C25H33F3N6O2. The lowest BCUT2D eigenvalue weighted by molar-refractivity contribution is -0.137. The molecule has 0 spiro atoms. The second-order valence-electron chi connectivity index (χ2n) is 10.5. The fourth-order valence-electron chi connectivity index (χ4n) is 4.58. The minimum absolute atomic E-state index is 0.0645. The third-order valence-corrected chi connectivity index (χ3v) is 6.45. The van der Waals surface area contributed by atoms with Gasteiger partial charge in [0.1, 0.15) is 17.2 Å². The molecule has 0 aromatic carbocycles. The maximum Gasteiger partial charge on any atom is 0.416 e. The van der Waals surface area contributed by atoms with Gasteiger partial charge in [-0.3, -0.25) is 0 Å². The van der Waals surface area contributed by atoms with Gasteiger partial charge in [0.05, 0.1) is 11.3 Å². The molecule has 196 valence electrons. The van der Waals surface area contributed by atoms with Crippen molar-refractivity contribution in [2.24, 2.45) is 0 Å². The Bertz CT molecular complexity index is 1080. The highest BCUT2D eigenvalue weighted by Gasteiger charge is 2.32. The maximum absolute atomic E-state index is 13.2. The molecule has 1 atom stereocenters. The van der Waals surface area contributed by atoms with Crippen molar-refractivity contribution in [3.63, 3.8) is 0 Å². The quantitative estimate of drug-likeness (QED) is 0.566. The first-order valence-electron chi connectivity index (χ1n) is 12.3. The zero-order valence-electron chi connectivity index (χ0n) is 21.1. The van der Waals surface area contributed by atoms with E-state index in [1.807, 2.05) is 20.8 Å². The minimum atomic E-state index is -4.46. The third kappa shape index (κ3) is 6.36. The number of pyridine rings is 1. The van der Waals surface area contributed by atoms with Gasteiger partial charge in [-0.15, -0.1) is 0 Å². The van der Waals surface area contributed by atoms with Gasteiger partial charge in [0.2, 0.25) is 5.95 Å². The summed E-state index contributed by atoms with van der Waals surface area (Å²) < 4.78 is 45.0. The van der Waals surface area contributed by atoms with Crippen LogP contribution in [-0.2, 0) is 10.9 Å². The van der Waals surface area contributed by atoms with Gasteiger partial charge in [0.15, 0.2) is 0 Å². The summed E-state index contributed by atoms with van der Waals surface area (Å²) in [6.45, 7) is 9.54. The highest BCUT2D eigenvalue weighted by Crippen LogP contribution is 2.33. The molecule has 2 aliphatic rings. The number of nitrogens with one attached hydrogen (secondary N) is 1. The molecule has 1 amide bonds. The van der Waals surface area contributed by atoms with Crippen LogP contribution in [0.4, 0.5) is 35.5 Å². The molecule has 1 unspecified atom stereocenters. The molecule has 11 heteroatoms. The van der Waals surface area contributed by atoms with Gasteiger partial charge in [0.25, 0.3) is 0 Å². The smallest absolute Gasteiger partial charge is 0.416 e. The lowest BCUT2D eigenvalue weighted by Crippen LogP contribution is -2.41. The van der Waals surface area contributed by atoms with Crippen LogP contribution in [0.5, 0.6) is 0 Å². The van der Waals surface area contributed by atoms with Gasteiger partial charge < -0.3 is 19.9 Å². The number of rotatable bonds is 4. The number of likely N-dealkylation sites (tertiary alicyclic amines) is 1. The SMILES string of the molecule is CC1CCCN1c1nc(Nc2cc(C(F)(F)F)ccn2)cc(C2CCN(C(=O)OC(C)(C)C)CC2)n1. The largest absolute Gasteiger partial charge is 0.444 e. The van der Waals surface area contributed by atoms with E-state index < -0.39 is 17.3 Å². The zero-order chi connectivity index (χ0) is 26.1. The molecular weight excluding hydrogens is 473 g/mol. The maximum atomic E-state index is 13.2. The molecule has 2 aromatic rings. The molecule has 0 radical (unpaired) electrons. The molecule has 2 saturated heterocycles. The summed E-state index contributed by atoms with van der Waals surface area (Å²) >= 11 is 0. The number of hydrogen-bond donors (Lipinski definition) is 1. The van der Waals surface area contributed by atoms with Crippen molar-refractivity contribution < 1.29 is 22.7 Å². The average Bonchev–Trinajstić information content (AvgIpc) is 3.23. The van der Waals surface area contributed by atoms with Crippen LogP contribution in [0.3, 0.4) is 0 Å². The number of halogens is 3. The number of anilines is 3. The first kappa shape index (κ1) is 26.0. The molecule has 1 N–H and O–H groups in total. The number of amides is 1. The number of carbonyl (C=O) groups is 1. The van der Waals surface area contributed by atoms with E-state index in [9.17, 15) is 18.0 Å². The van der Waals surface area contributed by atoms with Crippen LogP contribution >= 0.6 is 0 Å². The Balaban J connectivity index is 1.56. The van der Waals surface area contributed by atoms with Crippen LogP contribution in [0.25, 0.3) is 0 Å². The molecule has 0 bridgehead atoms. The summed E-state index contributed by atoms with van der Waals surface area (Å²) in [6.07, 6.45) is -0.203. The first-order valence-corrected chi connectivity index (χ1v) is 12.3. The zero-order valence-corrected chi connectivity index (χ0v) is 21.1. The third-order valence-electron chi connectivity index (χ3n) is 6.45. The van der Waals surface area contributed by atoms with Crippen molar-refractivity contribution >= 4 is 23.7 Å². The van der Waals surface area contributed by atoms with Crippen LogP contribution in [0.2, 0.25) is 0 Å². The Kier molecular flexibility index (Phi) is 7.28.